The number of carbonyl (C=O) groups excluding carboxylic acids is 2. The summed E-state index contributed by atoms with van der Waals surface area (Å²) in [6.07, 6.45) is 1.07. The van der Waals surface area contributed by atoms with Crippen molar-refractivity contribution in [2.75, 3.05) is 7.11 Å². The minimum absolute atomic E-state index is 0.261. The molecule has 0 unspecified atom stereocenters. The molecule has 0 aromatic carbocycles. The van der Waals surface area contributed by atoms with Crippen LogP contribution in [-0.2, 0) is 14.3 Å². The first kappa shape index (κ1) is 15.0. The maximum atomic E-state index is 12.0. The van der Waals surface area contributed by atoms with E-state index in [0.717, 1.165) is 0 Å². The van der Waals surface area contributed by atoms with Crippen LogP contribution in [0.4, 0.5) is 0 Å². The summed E-state index contributed by atoms with van der Waals surface area (Å²) in [5.41, 5.74) is 2.23. The van der Waals surface area contributed by atoms with Crippen molar-refractivity contribution in [3.8, 4) is 0 Å². The van der Waals surface area contributed by atoms with Crippen LogP contribution in [-0.4, -0.2) is 31.1 Å². The molecule has 0 rings (SSSR count). The lowest BCUT2D eigenvalue weighted by atomic mass is 10.0. The Morgan fingerprint density at radius 3 is 2.17 bits per heavy atom. The summed E-state index contributed by atoms with van der Waals surface area (Å²) in [4.78, 5) is 23.6. The molecule has 0 aromatic heterocycles. The van der Waals surface area contributed by atoms with Crippen LogP contribution >= 0.6 is 0 Å². The Morgan fingerprint density at radius 1 is 1.22 bits per heavy atom. The normalized spacial score (nSPS) is 15.2. The summed E-state index contributed by atoms with van der Waals surface area (Å²) in [6.45, 7) is 7.89. The summed E-state index contributed by atoms with van der Waals surface area (Å²) in [6, 6.07) is -1.26. The highest BCUT2D eigenvalue weighted by Crippen LogP contribution is 2.08. The van der Waals surface area contributed by atoms with Crippen molar-refractivity contribution in [3.05, 3.63) is 0 Å². The van der Waals surface area contributed by atoms with Crippen molar-refractivity contribution in [3.63, 3.8) is 0 Å². The van der Waals surface area contributed by atoms with Crippen LogP contribution in [0, 0.1) is 11.8 Å². The molecule has 3 N–H and O–H groups in total. The van der Waals surface area contributed by atoms with Gasteiger partial charge in [-0.25, -0.2) is 4.79 Å². The quantitative estimate of drug-likeness (QED) is 0.639. The molecule has 5 heteroatoms. The van der Waals surface area contributed by atoms with Gasteiger partial charge in [0.1, 0.15) is 7.45 Å². The van der Waals surface area contributed by atoms with Crippen LogP contribution in [0.15, 0.2) is 0 Å². The molecular formula is C13H26N2O3. The first-order chi connectivity index (χ1) is 8.81. The second-order valence-electron chi connectivity index (χ2n) is 5.40. The van der Waals surface area contributed by atoms with Crippen LogP contribution in [0.3, 0.4) is 0 Å². The van der Waals surface area contributed by atoms with E-state index in [2.05, 4.69) is 15.8 Å². The van der Waals surface area contributed by atoms with E-state index in [0.29, 0.717) is 12.8 Å². The predicted octanol–water partition coefficient (Wildman–Crippen LogP) is 1.06. The molecule has 0 aliphatic rings. The number of hydrogen-bond acceptors (Lipinski definition) is 4. The SMILES string of the molecule is [2H]N[C@H](CC(C)C)C(=O)N[C@@H](CC(C)C)C(=O)OC. The third kappa shape index (κ3) is 6.59. The highest BCUT2D eigenvalue weighted by atomic mass is 16.5. The van der Waals surface area contributed by atoms with Crippen LogP contribution in [0.5, 0.6) is 0 Å². The molecule has 0 aliphatic carbocycles. The number of carbonyl (C=O) groups is 2. The van der Waals surface area contributed by atoms with Gasteiger partial charge in [-0.2, -0.15) is 0 Å². The van der Waals surface area contributed by atoms with E-state index in [4.69, 9.17) is 1.41 Å². The Bertz CT molecular complexity index is 296. The number of methoxy groups -OCH3 is 1. The van der Waals surface area contributed by atoms with Gasteiger partial charge in [-0.1, -0.05) is 27.7 Å². The number of esters is 1. The number of nitrogens with two attached hydrogens (primary N) is 1. The Balaban J connectivity index is 4.63. The van der Waals surface area contributed by atoms with E-state index >= 15 is 0 Å². The van der Waals surface area contributed by atoms with Crippen LogP contribution in [0.25, 0.3) is 0 Å². The summed E-state index contributed by atoms with van der Waals surface area (Å²) >= 11 is 0. The number of nitrogens with one attached hydrogen (secondary N) is 1. The van der Waals surface area contributed by atoms with Gasteiger partial charge in [-0.15, -0.1) is 0 Å². The molecule has 0 spiro atoms. The van der Waals surface area contributed by atoms with Crippen molar-refractivity contribution < 1.29 is 15.7 Å². The van der Waals surface area contributed by atoms with Crippen molar-refractivity contribution in [2.24, 2.45) is 17.6 Å². The molecule has 0 bridgehead atoms. The number of hydrogen-bond donors (Lipinski definition) is 2. The fourth-order valence-corrected chi connectivity index (χ4v) is 1.68. The lowest BCUT2D eigenvalue weighted by Crippen LogP contribution is -2.49. The number of amides is 1. The van der Waals surface area contributed by atoms with E-state index in [1.807, 2.05) is 27.7 Å². The fraction of sp³-hybridized carbons (Fsp3) is 0.846. The zero-order chi connectivity index (χ0) is 15.0. The van der Waals surface area contributed by atoms with E-state index in [1.54, 1.807) is 0 Å². The average Bonchev–Trinajstić information content (AvgIpc) is 2.33. The zero-order valence-corrected chi connectivity index (χ0v) is 11.9. The summed E-state index contributed by atoms with van der Waals surface area (Å²) in [7, 11) is 1.30. The molecule has 0 heterocycles. The molecule has 2 atom stereocenters. The van der Waals surface area contributed by atoms with E-state index in [9.17, 15) is 9.59 Å². The summed E-state index contributed by atoms with van der Waals surface area (Å²) < 4.78 is 11.9. The van der Waals surface area contributed by atoms with Gasteiger partial charge >= 0.3 is 5.97 Å². The maximum absolute atomic E-state index is 12.0. The number of rotatable bonds is 8. The van der Waals surface area contributed by atoms with Crippen LogP contribution in [0.2, 0.25) is 1.41 Å². The van der Waals surface area contributed by atoms with Crippen molar-refractivity contribution in [2.45, 2.75) is 52.6 Å². The van der Waals surface area contributed by atoms with Gasteiger partial charge in [0.05, 0.1) is 13.2 Å². The molecule has 106 valence electrons. The zero-order valence-electron chi connectivity index (χ0n) is 12.9. The Hall–Kier alpha value is -1.10. The second kappa shape index (κ2) is 8.08. The van der Waals surface area contributed by atoms with Crippen LogP contribution in [0.1, 0.15) is 40.5 Å². The predicted molar refractivity (Wildman–Crippen MR) is 70.8 cm³/mol. The van der Waals surface area contributed by atoms with Crippen molar-refractivity contribution in [1.82, 2.24) is 5.32 Å². The molecule has 0 fully saturated rings. The van der Waals surface area contributed by atoms with Crippen molar-refractivity contribution in [1.29, 1.82) is 0 Å². The first-order valence-electron chi connectivity index (χ1n) is 6.87. The minimum atomic E-state index is -0.652. The fourth-order valence-electron chi connectivity index (χ4n) is 1.68. The van der Waals surface area contributed by atoms with Gasteiger partial charge in [0, 0.05) is 0 Å². The third-order valence-corrected chi connectivity index (χ3v) is 2.53. The van der Waals surface area contributed by atoms with Gasteiger partial charge in [-0.05, 0) is 24.7 Å². The highest BCUT2D eigenvalue weighted by Gasteiger charge is 2.25. The Morgan fingerprint density at radius 2 is 1.78 bits per heavy atom. The van der Waals surface area contributed by atoms with Gasteiger partial charge in [0.15, 0.2) is 0 Å². The smallest absolute Gasteiger partial charge is 0.328 e. The van der Waals surface area contributed by atoms with Gasteiger partial charge in [0.2, 0.25) is 5.91 Å². The van der Waals surface area contributed by atoms with Gasteiger partial charge in [0.25, 0.3) is 0 Å². The monoisotopic (exact) mass is 259 g/mol. The molecule has 0 aromatic rings. The first-order valence-corrected chi connectivity index (χ1v) is 6.37. The Kier molecular flexibility index (Phi) is 6.72. The molecule has 5 nitrogen and oxygen atoms in total. The lowest BCUT2D eigenvalue weighted by Gasteiger charge is -2.21. The minimum Gasteiger partial charge on any atom is -0.467 e. The largest absolute Gasteiger partial charge is 0.467 e. The highest BCUT2D eigenvalue weighted by molar-refractivity contribution is 5.87. The lowest BCUT2D eigenvalue weighted by molar-refractivity contribution is -0.145. The molecule has 0 saturated carbocycles. The summed E-state index contributed by atoms with van der Waals surface area (Å²) in [5.74, 6) is -0.234. The standard InChI is InChI=1S/C13H26N2O3/c1-8(2)6-10(14)12(16)15-11(7-9(3)4)13(17)18-5/h8-11H,6-7,14H2,1-5H3,(H,15,16)/t10-,11+/m1/s1/i/hD. The number of ether oxygens (including phenoxy) is 1. The van der Waals surface area contributed by atoms with Gasteiger partial charge in [-0.3, -0.25) is 4.79 Å². The average molecular weight is 259 g/mol. The van der Waals surface area contributed by atoms with E-state index in [1.165, 1.54) is 7.11 Å². The Labute approximate surface area is 111 Å². The van der Waals surface area contributed by atoms with Gasteiger partial charge < -0.3 is 15.8 Å². The molecule has 18 heavy (non-hydrogen) atoms. The van der Waals surface area contributed by atoms with Crippen molar-refractivity contribution >= 4 is 11.9 Å². The molecule has 0 saturated heterocycles. The molecule has 0 radical (unpaired) electrons. The maximum Gasteiger partial charge on any atom is 0.328 e. The van der Waals surface area contributed by atoms with E-state index < -0.39 is 18.1 Å². The summed E-state index contributed by atoms with van der Waals surface area (Å²) in [5, 5.41) is 2.66. The van der Waals surface area contributed by atoms with E-state index in [-0.39, 0.29) is 17.7 Å². The second-order valence-corrected chi connectivity index (χ2v) is 5.40. The molecular weight excluding hydrogens is 232 g/mol. The third-order valence-electron chi connectivity index (χ3n) is 2.53. The molecule has 1 amide bonds. The van der Waals surface area contributed by atoms with Crippen LogP contribution < -0.4 is 11.0 Å². The topological polar surface area (TPSA) is 81.4 Å². The molecule has 0 aliphatic heterocycles.